The minimum atomic E-state index is 0.0932. The number of anilines is 2. The number of ether oxygens (including phenoxy) is 1. The molecule has 0 unspecified atom stereocenters. The van der Waals surface area contributed by atoms with Crippen LogP contribution < -0.4 is 10.2 Å². The molecule has 112 valence electrons. The second-order valence-electron chi connectivity index (χ2n) is 5.10. The van der Waals surface area contributed by atoms with Crippen molar-refractivity contribution in [1.82, 2.24) is 9.97 Å². The topological polar surface area (TPSA) is 70.5 Å². The molecule has 1 saturated heterocycles. The summed E-state index contributed by atoms with van der Waals surface area (Å²) < 4.78 is 5.59. The van der Waals surface area contributed by atoms with Gasteiger partial charge in [-0.1, -0.05) is 0 Å². The second-order valence-corrected chi connectivity index (χ2v) is 5.10. The van der Waals surface area contributed by atoms with Gasteiger partial charge in [-0.05, 0) is 26.7 Å². The molecule has 0 aliphatic carbocycles. The quantitative estimate of drug-likeness (QED) is 0.842. The number of aryl methyl sites for hydroxylation is 1. The van der Waals surface area contributed by atoms with Gasteiger partial charge in [0.1, 0.15) is 17.5 Å². The molecule has 0 saturated carbocycles. The molecule has 1 aliphatic heterocycles. The molecule has 2 heterocycles. The minimum Gasteiger partial charge on any atom is -0.394 e. The third-order valence-corrected chi connectivity index (χ3v) is 3.66. The molecule has 20 heavy (non-hydrogen) atoms. The van der Waals surface area contributed by atoms with Gasteiger partial charge in [-0.3, -0.25) is 0 Å². The van der Waals surface area contributed by atoms with Gasteiger partial charge in [-0.25, -0.2) is 9.97 Å². The van der Waals surface area contributed by atoms with Gasteiger partial charge in [0.2, 0.25) is 0 Å². The number of rotatable bonds is 5. The van der Waals surface area contributed by atoms with Crippen LogP contribution >= 0.6 is 0 Å². The molecular weight excluding hydrogens is 256 g/mol. The summed E-state index contributed by atoms with van der Waals surface area (Å²) in [7, 11) is 1.88. The molecule has 0 radical (unpaired) electrons. The van der Waals surface area contributed by atoms with Crippen LogP contribution in [-0.4, -0.2) is 54.5 Å². The molecule has 2 N–H and O–H groups in total. The molecule has 6 nitrogen and oxygen atoms in total. The zero-order valence-corrected chi connectivity index (χ0v) is 12.5. The maximum absolute atomic E-state index is 8.79. The van der Waals surface area contributed by atoms with Crippen LogP contribution in [0.15, 0.2) is 0 Å². The van der Waals surface area contributed by atoms with Gasteiger partial charge in [0.15, 0.2) is 0 Å². The summed E-state index contributed by atoms with van der Waals surface area (Å²) in [5.41, 5.74) is 1.09. The summed E-state index contributed by atoms with van der Waals surface area (Å²) in [5, 5.41) is 11.9. The van der Waals surface area contributed by atoms with E-state index in [0.29, 0.717) is 6.61 Å². The van der Waals surface area contributed by atoms with Gasteiger partial charge < -0.3 is 20.1 Å². The molecule has 1 aromatic rings. The fourth-order valence-electron chi connectivity index (χ4n) is 2.62. The number of nitrogens with zero attached hydrogens (tertiary/aromatic N) is 3. The Balaban J connectivity index is 2.05. The van der Waals surface area contributed by atoms with E-state index in [9.17, 15) is 0 Å². The van der Waals surface area contributed by atoms with E-state index in [1.165, 1.54) is 0 Å². The average molecular weight is 280 g/mol. The summed E-state index contributed by atoms with van der Waals surface area (Å²) in [5.74, 6) is 2.70. The van der Waals surface area contributed by atoms with Crippen molar-refractivity contribution in [3.63, 3.8) is 0 Å². The fraction of sp³-hybridized carbons (Fsp3) is 0.714. The first-order chi connectivity index (χ1) is 9.65. The van der Waals surface area contributed by atoms with Crippen LogP contribution in [0, 0.1) is 13.8 Å². The third-order valence-electron chi connectivity index (χ3n) is 3.66. The summed E-state index contributed by atoms with van der Waals surface area (Å²) in [6, 6.07) is 0. The number of aromatic nitrogens is 2. The van der Waals surface area contributed by atoms with Gasteiger partial charge in [0.25, 0.3) is 0 Å². The number of hydrogen-bond donors (Lipinski definition) is 2. The Morgan fingerprint density at radius 2 is 2.00 bits per heavy atom. The Morgan fingerprint density at radius 3 is 2.60 bits per heavy atom. The lowest BCUT2D eigenvalue weighted by Gasteiger charge is -2.33. The molecule has 1 fully saturated rings. The second kappa shape index (κ2) is 6.85. The zero-order valence-electron chi connectivity index (χ0n) is 12.5. The van der Waals surface area contributed by atoms with Crippen LogP contribution in [0.5, 0.6) is 0 Å². The van der Waals surface area contributed by atoms with Crippen LogP contribution in [-0.2, 0) is 4.74 Å². The van der Waals surface area contributed by atoms with E-state index < -0.39 is 0 Å². The summed E-state index contributed by atoms with van der Waals surface area (Å²) in [4.78, 5) is 11.3. The molecular formula is C14H24N4O2. The highest BCUT2D eigenvalue weighted by molar-refractivity contribution is 5.58. The monoisotopic (exact) mass is 280 g/mol. The molecule has 0 spiro atoms. The van der Waals surface area contributed by atoms with Gasteiger partial charge in [-0.2, -0.15) is 0 Å². The van der Waals surface area contributed by atoms with E-state index >= 15 is 0 Å². The Kier molecular flexibility index (Phi) is 5.14. The van der Waals surface area contributed by atoms with Gasteiger partial charge in [-0.15, -0.1) is 0 Å². The standard InChI is InChI=1S/C14H24N4O2/c1-10-13(15-3)16-11(2)17-14(10)18-6-4-12(5-7-18)20-9-8-19/h12,19H,4-9H2,1-3H3,(H,15,16,17). The largest absolute Gasteiger partial charge is 0.394 e. The zero-order chi connectivity index (χ0) is 14.5. The summed E-state index contributed by atoms with van der Waals surface area (Å²) in [6.07, 6.45) is 2.19. The lowest BCUT2D eigenvalue weighted by atomic mass is 10.1. The van der Waals surface area contributed by atoms with E-state index in [4.69, 9.17) is 9.84 Å². The van der Waals surface area contributed by atoms with Gasteiger partial charge >= 0.3 is 0 Å². The Hall–Kier alpha value is -1.40. The minimum absolute atomic E-state index is 0.0932. The SMILES string of the molecule is CNc1nc(C)nc(N2CCC(OCCO)CC2)c1C. The van der Waals surface area contributed by atoms with Crippen molar-refractivity contribution in [2.24, 2.45) is 0 Å². The van der Waals surface area contributed by atoms with Crippen LogP contribution in [0.3, 0.4) is 0 Å². The van der Waals surface area contributed by atoms with Crippen molar-refractivity contribution in [3.05, 3.63) is 11.4 Å². The molecule has 0 amide bonds. The highest BCUT2D eigenvalue weighted by Gasteiger charge is 2.22. The normalized spacial score (nSPS) is 16.5. The first kappa shape index (κ1) is 15.0. The molecule has 0 aromatic carbocycles. The molecule has 0 atom stereocenters. The predicted octanol–water partition coefficient (Wildman–Crippen LogP) is 1.11. The third kappa shape index (κ3) is 3.37. The van der Waals surface area contributed by atoms with E-state index in [-0.39, 0.29) is 12.7 Å². The Morgan fingerprint density at radius 1 is 1.30 bits per heavy atom. The summed E-state index contributed by atoms with van der Waals surface area (Å²) in [6.45, 7) is 6.35. The van der Waals surface area contributed by atoms with Crippen LogP contribution in [0.4, 0.5) is 11.6 Å². The fourth-order valence-corrected chi connectivity index (χ4v) is 2.62. The smallest absolute Gasteiger partial charge is 0.137 e. The molecule has 0 bridgehead atoms. The van der Waals surface area contributed by atoms with Crippen molar-refractivity contribution in [3.8, 4) is 0 Å². The van der Waals surface area contributed by atoms with E-state index in [1.54, 1.807) is 0 Å². The lowest BCUT2D eigenvalue weighted by molar-refractivity contribution is 0.0158. The number of aliphatic hydroxyl groups excluding tert-OH is 1. The molecule has 1 aromatic heterocycles. The van der Waals surface area contributed by atoms with E-state index in [0.717, 1.165) is 49.0 Å². The number of piperidine rings is 1. The van der Waals surface area contributed by atoms with Crippen LogP contribution in [0.2, 0.25) is 0 Å². The van der Waals surface area contributed by atoms with Crippen molar-refractivity contribution >= 4 is 11.6 Å². The van der Waals surface area contributed by atoms with Gasteiger partial charge in [0.05, 0.1) is 19.3 Å². The van der Waals surface area contributed by atoms with Crippen molar-refractivity contribution in [1.29, 1.82) is 0 Å². The number of aliphatic hydroxyl groups is 1. The highest BCUT2D eigenvalue weighted by Crippen LogP contribution is 2.26. The maximum atomic E-state index is 8.79. The average Bonchev–Trinajstić information content (AvgIpc) is 2.47. The van der Waals surface area contributed by atoms with E-state index in [1.807, 2.05) is 14.0 Å². The number of hydrogen-bond acceptors (Lipinski definition) is 6. The van der Waals surface area contributed by atoms with Crippen molar-refractivity contribution in [2.75, 3.05) is 43.6 Å². The molecule has 1 aliphatic rings. The maximum Gasteiger partial charge on any atom is 0.137 e. The first-order valence-corrected chi connectivity index (χ1v) is 7.16. The Bertz CT molecular complexity index is 445. The van der Waals surface area contributed by atoms with Crippen molar-refractivity contribution < 1.29 is 9.84 Å². The molecule has 6 heteroatoms. The Labute approximate surface area is 120 Å². The summed E-state index contributed by atoms with van der Waals surface area (Å²) >= 11 is 0. The van der Waals surface area contributed by atoms with Crippen molar-refractivity contribution in [2.45, 2.75) is 32.8 Å². The first-order valence-electron chi connectivity index (χ1n) is 7.16. The lowest BCUT2D eigenvalue weighted by Crippen LogP contribution is -2.38. The van der Waals surface area contributed by atoms with Gasteiger partial charge in [0, 0.05) is 25.7 Å². The van der Waals surface area contributed by atoms with E-state index in [2.05, 4.69) is 27.1 Å². The predicted molar refractivity (Wildman–Crippen MR) is 79.3 cm³/mol. The van der Waals surface area contributed by atoms with Crippen LogP contribution in [0.25, 0.3) is 0 Å². The number of nitrogens with one attached hydrogen (secondary N) is 1. The molecule has 2 rings (SSSR count). The highest BCUT2D eigenvalue weighted by atomic mass is 16.5. The van der Waals surface area contributed by atoms with Crippen LogP contribution in [0.1, 0.15) is 24.2 Å².